The lowest BCUT2D eigenvalue weighted by Crippen LogP contribution is -2.39. The third-order valence-corrected chi connectivity index (χ3v) is 5.32. The number of aromatic amines is 1. The van der Waals surface area contributed by atoms with Crippen molar-refractivity contribution in [3.05, 3.63) is 59.9 Å². The number of piperidine rings is 1. The molecule has 1 aliphatic heterocycles. The molecule has 0 bridgehead atoms. The molecule has 1 saturated heterocycles. The molecule has 1 atom stereocenters. The highest BCUT2D eigenvalue weighted by Crippen LogP contribution is 2.33. The van der Waals surface area contributed by atoms with Crippen molar-refractivity contribution in [3.63, 3.8) is 0 Å². The largest absolute Gasteiger partial charge is 0.338 e. The SMILES string of the molecule is CC(C)n1cc(C(=O)N2CCC[C@H](c3[nH]ncc3-c3ccc(F)cc3)C2)cn1. The molecule has 0 spiro atoms. The number of halogens is 1. The maximum absolute atomic E-state index is 13.3. The van der Waals surface area contributed by atoms with Gasteiger partial charge in [0.15, 0.2) is 0 Å². The number of hydrogen-bond acceptors (Lipinski definition) is 3. The Balaban J connectivity index is 1.54. The second kappa shape index (κ2) is 7.58. The van der Waals surface area contributed by atoms with Gasteiger partial charge < -0.3 is 4.90 Å². The molecule has 0 radical (unpaired) electrons. The fourth-order valence-corrected chi connectivity index (χ4v) is 3.78. The highest BCUT2D eigenvalue weighted by Gasteiger charge is 2.28. The number of carbonyl (C=O) groups excluding carboxylic acids is 1. The summed E-state index contributed by atoms with van der Waals surface area (Å²) in [6.45, 7) is 5.44. The molecule has 0 aliphatic carbocycles. The molecule has 0 saturated carbocycles. The number of nitrogens with zero attached hydrogens (tertiary/aromatic N) is 4. The quantitative estimate of drug-likeness (QED) is 0.742. The molecule has 1 aliphatic rings. The summed E-state index contributed by atoms with van der Waals surface area (Å²) in [6, 6.07) is 6.65. The fraction of sp³-hybridized carbons (Fsp3) is 0.381. The molecule has 1 aromatic carbocycles. The zero-order chi connectivity index (χ0) is 19.7. The van der Waals surface area contributed by atoms with E-state index in [-0.39, 0.29) is 23.7 Å². The lowest BCUT2D eigenvalue weighted by atomic mass is 9.90. The lowest BCUT2D eigenvalue weighted by Gasteiger charge is -2.32. The van der Waals surface area contributed by atoms with Crippen molar-refractivity contribution in [3.8, 4) is 11.1 Å². The van der Waals surface area contributed by atoms with E-state index in [2.05, 4.69) is 15.3 Å². The van der Waals surface area contributed by atoms with Crippen molar-refractivity contribution in [1.29, 1.82) is 0 Å². The normalized spacial score (nSPS) is 17.3. The van der Waals surface area contributed by atoms with Gasteiger partial charge in [0.2, 0.25) is 0 Å². The number of likely N-dealkylation sites (tertiary alicyclic amines) is 1. The van der Waals surface area contributed by atoms with E-state index in [1.54, 1.807) is 29.2 Å². The summed E-state index contributed by atoms with van der Waals surface area (Å²) < 4.78 is 15.1. The van der Waals surface area contributed by atoms with Gasteiger partial charge in [-0.1, -0.05) is 12.1 Å². The molecule has 28 heavy (non-hydrogen) atoms. The average Bonchev–Trinajstić information content (AvgIpc) is 3.38. The topological polar surface area (TPSA) is 66.8 Å². The first-order chi connectivity index (χ1) is 13.5. The molecule has 1 fully saturated rings. The van der Waals surface area contributed by atoms with Gasteiger partial charge in [0.05, 0.1) is 18.0 Å². The fourth-order valence-electron chi connectivity index (χ4n) is 3.78. The summed E-state index contributed by atoms with van der Waals surface area (Å²) in [4.78, 5) is 14.8. The van der Waals surface area contributed by atoms with Crippen LogP contribution < -0.4 is 0 Å². The minimum absolute atomic E-state index is 0.0134. The first-order valence-electron chi connectivity index (χ1n) is 9.65. The van der Waals surface area contributed by atoms with E-state index in [4.69, 9.17) is 0 Å². The zero-order valence-electron chi connectivity index (χ0n) is 16.1. The van der Waals surface area contributed by atoms with Gasteiger partial charge in [-0.2, -0.15) is 10.2 Å². The molecule has 6 nitrogen and oxygen atoms in total. The van der Waals surface area contributed by atoms with Gasteiger partial charge in [-0.15, -0.1) is 0 Å². The van der Waals surface area contributed by atoms with Gasteiger partial charge in [0.25, 0.3) is 5.91 Å². The smallest absolute Gasteiger partial charge is 0.257 e. The monoisotopic (exact) mass is 381 g/mol. The number of H-pyrrole nitrogens is 1. The number of hydrogen-bond donors (Lipinski definition) is 1. The second-order valence-corrected chi connectivity index (χ2v) is 7.60. The van der Waals surface area contributed by atoms with Gasteiger partial charge in [-0.3, -0.25) is 14.6 Å². The zero-order valence-corrected chi connectivity index (χ0v) is 16.1. The number of benzene rings is 1. The Hall–Kier alpha value is -2.96. The van der Waals surface area contributed by atoms with Crippen LogP contribution in [0.1, 0.15) is 54.7 Å². The third-order valence-electron chi connectivity index (χ3n) is 5.32. The minimum atomic E-state index is -0.259. The van der Waals surface area contributed by atoms with Crippen LogP contribution in [0, 0.1) is 5.82 Å². The highest BCUT2D eigenvalue weighted by atomic mass is 19.1. The summed E-state index contributed by atoms with van der Waals surface area (Å²) in [7, 11) is 0. The summed E-state index contributed by atoms with van der Waals surface area (Å²) in [6.07, 6.45) is 7.14. The van der Waals surface area contributed by atoms with Crippen LogP contribution in [0.2, 0.25) is 0 Å². The number of carbonyl (C=O) groups is 1. The van der Waals surface area contributed by atoms with Crippen LogP contribution in [0.4, 0.5) is 4.39 Å². The Bertz CT molecular complexity index is 959. The Labute approximate surface area is 163 Å². The van der Waals surface area contributed by atoms with E-state index in [1.165, 1.54) is 12.1 Å². The number of amides is 1. The predicted octanol–water partition coefficient (Wildman–Crippen LogP) is 4.01. The van der Waals surface area contributed by atoms with E-state index in [0.717, 1.165) is 36.2 Å². The molecule has 0 unspecified atom stereocenters. The predicted molar refractivity (Wildman–Crippen MR) is 104 cm³/mol. The van der Waals surface area contributed by atoms with Crippen molar-refractivity contribution in [2.45, 2.75) is 38.6 Å². The second-order valence-electron chi connectivity index (χ2n) is 7.60. The van der Waals surface area contributed by atoms with Gasteiger partial charge in [0.1, 0.15) is 5.82 Å². The van der Waals surface area contributed by atoms with Crippen molar-refractivity contribution < 1.29 is 9.18 Å². The van der Waals surface area contributed by atoms with Crippen molar-refractivity contribution >= 4 is 5.91 Å². The van der Waals surface area contributed by atoms with Gasteiger partial charge in [-0.25, -0.2) is 4.39 Å². The lowest BCUT2D eigenvalue weighted by molar-refractivity contribution is 0.0706. The molecule has 2 aromatic heterocycles. The summed E-state index contributed by atoms with van der Waals surface area (Å²) in [5, 5.41) is 11.6. The van der Waals surface area contributed by atoms with Crippen LogP contribution in [-0.4, -0.2) is 43.9 Å². The van der Waals surface area contributed by atoms with Crippen LogP contribution in [-0.2, 0) is 0 Å². The average molecular weight is 381 g/mol. The van der Waals surface area contributed by atoms with Crippen LogP contribution in [0.5, 0.6) is 0 Å². The Morgan fingerprint density at radius 2 is 2.04 bits per heavy atom. The molecule has 3 heterocycles. The van der Waals surface area contributed by atoms with Gasteiger partial charge in [-0.05, 0) is 44.4 Å². The Morgan fingerprint density at radius 1 is 1.25 bits per heavy atom. The first-order valence-corrected chi connectivity index (χ1v) is 9.65. The molecule has 1 N–H and O–H groups in total. The van der Waals surface area contributed by atoms with Crippen LogP contribution in [0.25, 0.3) is 11.1 Å². The van der Waals surface area contributed by atoms with Crippen molar-refractivity contribution in [2.24, 2.45) is 0 Å². The molecule has 3 aromatic rings. The molecule has 146 valence electrons. The molecule has 1 amide bonds. The summed E-state index contributed by atoms with van der Waals surface area (Å²) >= 11 is 0. The van der Waals surface area contributed by atoms with Crippen LogP contribution in [0.3, 0.4) is 0 Å². The van der Waals surface area contributed by atoms with Gasteiger partial charge >= 0.3 is 0 Å². The number of rotatable bonds is 4. The summed E-state index contributed by atoms with van der Waals surface area (Å²) in [5.74, 6) is -0.0787. The van der Waals surface area contributed by atoms with E-state index in [0.29, 0.717) is 12.1 Å². The number of nitrogens with one attached hydrogen (secondary N) is 1. The maximum atomic E-state index is 13.3. The highest BCUT2D eigenvalue weighted by molar-refractivity contribution is 5.93. The van der Waals surface area contributed by atoms with Crippen LogP contribution >= 0.6 is 0 Å². The standard InChI is InChI=1S/C21H24FN5O/c1-14(2)27-13-17(10-24-27)21(28)26-9-3-4-16(12-26)20-19(11-23-25-20)15-5-7-18(22)8-6-15/h5-8,10-11,13-14,16H,3-4,9,12H2,1-2H3,(H,23,25)/t16-/m0/s1. The molecular formula is C21H24FN5O. The van der Waals surface area contributed by atoms with E-state index >= 15 is 0 Å². The minimum Gasteiger partial charge on any atom is -0.338 e. The number of aromatic nitrogens is 4. The first kappa shape index (κ1) is 18.4. The molecule has 7 heteroatoms. The van der Waals surface area contributed by atoms with E-state index < -0.39 is 0 Å². The van der Waals surface area contributed by atoms with Crippen molar-refractivity contribution in [1.82, 2.24) is 24.9 Å². The van der Waals surface area contributed by atoms with E-state index in [1.807, 2.05) is 24.9 Å². The third kappa shape index (κ3) is 3.56. The van der Waals surface area contributed by atoms with Crippen LogP contribution in [0.15, 0.2) is 42.9 Å². The Kier molecular flexibility index (Phi) is 4.98. The Morgan fingerprint density at radius 3 is 2.75 bits per heavy atom. The van der Waals surface area contributed by atoms with Gasteiger partial charge in [0, 0.05) is 42.5 Å². The molecular weight excluding hydrogens is 357 g/mol. The maximum Gasteiger partial charge on any atom is 0.257 e. The van der Waals surface area contributed by atoms with E-state index in [9.17, 15) is 9.18 Å². The van der Waals surface area contributed by atoms with Crippen molar-refractivity contribution in [2.75, 3.05) is 13.1 Å². The summed E-state index contributed by atoms with van der Waals surface area (Å²) in [5.41, 5.74) is 3.51. The molecule has 4 rings (SSSR count).